The summed E-state index contributed by atoms with van der Waals surface area (Å²) in [4.78, 5) is 23.6. The summed E-state index contributed by atoms with van der Waals surface area (Å²) in [6.45, 7) is -0.497. The van der Waals surface area contributed by atoms with Crippen LogP contribution in [-0.4, -0.2) is 32.2 Å². The highest BCUT2D eigenvalue weighted by Crippen LogP contribution is 2.38. The van der Waals surface area contributed by atoms with E-state index in [1.54, 1.807) is 31.4 Å². The van der Waals surface area contributed by atoms with Gasteiger partial charge in [-0.1, -0.05) is 17.7 Å². The Hall–Kier alpha value is -2.94. The van der Waals surface area contributed by atoms with Gasteiger partial charge in [0.05, 0.1) is 30.0 Å². The first-order valence-electron chi connectivity index (χ1n) is 8.78. The van der Waals surface area contributed by atoms with Gasteiger partial charge in [-0.3, -0.25) is 9.59 Å². The van der Waals surface area contributed by atoms with Crippen LogP contribution in [-0.2, 0) is 20.5 Å². The summed E-state index contributed by atoms with van der Waals surface area (Å²) in [5.41, 5.74) is -1.68. The van der Waals surface area contributed by atoms with Gasteiger partial charge < -0.3 is 19.5 Å². The molecule has 1 amide bonds. The summed E-state index contributed by atoms with van der Waals surface area (Å²) in [6, 6.07) is 10.0. The lowest BCUT2D eigenvalue weighted by atomic mass is 10.1. The molecule has 0 saturated heterocycles. The molecule has 30 heavy (non-hydrogen) atoms. The van der Waals surface area contributed by atoms with Crippen LogP contribution in [0.1, 0.15) is 18.4 Å². The van der Waals surface area contributed by atoms with Gasteiger partial charge in [0.15, 0.2) is 6.61 Å². The van der Waals surface area contributed by atoms with Gasteiger partial charge in [-0.25, -0.2) is 0 Å². The third-order valence-electron chi connectivity index (χ3n) is 3.80. The Balaban J connectivity index is 1.74. The Labute approximate surface area is 175 Å². The molecule has 0 atom stereocenters. The molecule has 2 rings (SSSR count). The first kappa shape index (κ1) is 23.3. The van der Waals surface area contributed by atoms with Gasteiger partial charge in [0.2, 0.25) is 0 Å². The normalized spacial score (nSPS) is 11.0. The molecule has 0 bridgehead atoms. The number of ether oxygens (including phenoxy) is 3. The summed E-state index contributed by atoms with van der Waals surface area (Å²) >= 11 is 5.75. The van der Waals surface area contributed by atoms with Crippen molar-refractivity contribution in [2.75, 3.05) is 25.6 Å². The van der Waals surface area contributed by atoms with Crippen LogP contribution < -0.4 is 14.8 Å². The van der Waals surface area contributed by atoms with E-state index in [1.165, 1.54) is 6.07 Å². The maximum Gasteiger partial charge on any atom is 0.418 e. The van der Waals surface area contributed by atoms with Crippen LogP contribution in [0.5, 0.6) is 11.5 Å². The first-order chi connectivity index (χ1) is 14.2. The number of esters is 1. The van der Waals surface area contributed by atoms with Crippen molar-refractivity contribution in [1.29, 1.82) is 0 Å². The molecule has 2 aromatic rings. The number of rotatable bonds is 9. The Morgan fingerprint density at radius 3 is 2.37 bits per heavy atom. The Morgan fingerprint density at radius 1 is 1.07 bits per heavy atom. The second-order valence-electron chi connectivity index (χ2n) is 6.00. The van der Waals surface area contributed by atoms with Gasteiger partial charge in [0.1, 0.15) is 11.5 Å². The molecule has 0 aliphatic heterocycles. The fraction of sp³-hybridized carbons (Fsp3) is 0.300. The number of halogens is 4. The van der Waals surface area contributed by atoms with E-state index in [9.17, 15) is 22.8 Å². The predicted octanol–water partition coefficient (Wildman–Crippen LogP) is 4.71. The van der Waals surface area contributed by atoms with E-state index in [0.717, 1.165) is 12.1 Å². The number of carbonyl (C=O) groups excluding carboxylic acids is 2. The highest BCUT2D eigenvalue weighted by molar-refractivity contribution is 6.34. The zero-order chi connectivity index (χ0) is 22.1. The van der Waals surface area contributed by atoms with Crippen molar-refractivity contribution in [2.24, 2.45) is 0 Å². The second-order valence-corrected chi connectivity index (χ2v) is 6.40. The van der Waals surface area contributed by atoms with E-state index in [2.05, 4.69) is 0 Å². The topological polar surface area (TPSA) is 73.9 Å². The predicted molar refractivity (Wildman–Crippen MR) is 104 cm³/mol. The van der Waals surface area contributed by atoms with E-state index in [-0.39, 0.29) is 18.1 Å². The molecule has 0 spiro atoms. The lowest BCUT2D eigenvalue weighted by Crippen LogP contribution is -2.23. The lowest BCUT2D eigenvalue weighted by molar-refractivity contribution is -0.147. The minimum absolute atomic E-state index is 0.0245. The van der Waals surface area contributed by atoms with Crippen LogP contribution in [0.25, 0.3) is 0 Å². The minimum atomic E-state index is -4.70. The number of hydrogen-bond acceptors (Lipinski definition) is 5. The standard InChI is InChI=1S/C20H19ClF3NO5/c1-28-13-7-9-14(10-8-13)29-11-3-6-18(27)30-12-17(26)25-19-15(20(22,23)24)4-2-5-16(19)21/h2,4-5,7-10H,3,6,11-12H2,1H3,(H,25,26). The van der Waals surface area contributed by atoms with Crippen molar-refractivity contribution in [3.63, 3.8) is 0 Å². The average molecular weight is 446 g/mol. The Bertz CT molecular complexity index is 872. The zero-order valence-electron chi connectivity index (χ0n) is 15.9. The van der Waals surface area contributed by atoms with E-state index in [1.807, 2.05) is 5.32 Å². The van der Waals surface area contributed by atoms with Crippen LogP contribution in [0.2, 0.25) is 5.02 Å². The lowest BCUT2D eigenvalue weighted by Gasteiger charge is -2.15. The Kier molecular flexibility index (Phi) is 8.35. The maximum atomic E-state index is 13.0. The minimum Gasteiger partial charge on any atom is -0.497 e. The molecular formula is C20H19ClF3NO5. The van der Waals surface area contributed by atoms with E-state index >= 15 is 0 Å². The van der Waals surface area contributed by atoms with Gasteiger partial charge in [0, 0.05) is 6.42 Å². The third kappa shape index (κ3) is 7.14. The molecule has 0 aliphatic carbocycles. The van der Waals surface area contributed by atoms with E-state index in [0.29, 0.717) is 17.9 Å². The molecular weight excluding hydrogens is 427 g/mol. The van der Waals surface area contributed by atoms with Gasteiger partial charge in [-0.05, 0) is 42.8 Å². The van der Waals surface area contributed by atoms with Crippen LogP contribution in [0, 0.1) is 0 Å². The zero-order valence-corrected chi connectivity index (χ0v) is 16.7. The Morgan fingerprint density at radius 2 is 1.73 bits per heavy atom. The molecule has 10 heteroatoms. The van der Waals surface area contributed by atoms with Crippen molar-refractivity contribution in [2.45, 2.75) is 19.0 Å². The van der Waals surface area contributed by atoms with Gasteiger partial charge in [-0.2, -0.15) is 13.2 Å². The summed E-state index contributed by atoms with van der Waals surface area (Å²) in [7, 11) is 1.55. The number of benzene rings is 2. The van der Waals surface area contributed by atoms with Crippen molar-refractivity contribution in [3.05, 3.63) is 53.1 Å². The molecule has 6 nitrogen and oxygen atoms in total. The summed E-state index contributed by atoms with van der Waals surface area (Å²) in [5.74, 6) is -0.331. The van der Waals surface area contributed by atoms with Crippen molar-refractivity contribution < 1.29 is 37.0 Å². The van der Waals surface area contributed by atoms with E-state index < -0.39 is 35.9 Å². The summed E-state index contributed by atoms with van der Waals surface area (Å²) in [5, 5.41) is 1.76. The van der Waals surface area contributed by atoms with E-state index in [4.69, 9.17) is 25.8 Å². The summed E-state index contributed by atoms with van der Waals surface area (Å²) < 4.78 is 54.3. The molecule has 0 fully saturated rings. The smallest absolute Gasteiger partial charge is 0.418 e. The number of alkyl halides is 3. The molecule has 0 radical (unpaired) electrons. The molecule has 0 aliphatic rings. The fourth-order valence-electron chi connectivity index (χ4n) is 2.36. The van der Waals surface area contributed by atoms with Crippen LogP contribution >= 0.6 is 11.6 Å². The monoisotopic (exact) mass is 445 g/mol. The molecule has 162 valence electrons. The van der Waals surface area contributed by atoms with Crippen molar-refractivity contribution >= 4 is 29.2 Å². The third-order valence-corrected chi connectivity index (χ3v) is 4.12. The van der Waals surface area contributed by atoms with Crippen molar-refractivity contribution in [1.82, 2.24) is 0 Å². The number of anilines is 1. The first-order valence-corrected chi connectivity index (χ1v) is 9.16. The summed E-state index contributed by atoms with van der Waals surface area (Å²) in [6.07, 6.45) is -4.40. The number of para-hydroxylation sites is 1. The number of nitrogens with one attached hydrogen (secondary N) is 1. The quantitative estimate of drug-likeness (QED) is 0.447. The molecule has 1 N–H and O–H groups in total. The van der Waals surface area contributed by atoms with Crippen LogP contribution in [0.3, 0.4) is 0 Å². The van der Waals surface area contributed by atoms with Gasteiger partial charge >= 0.3 is 12.1 Å². The van der Waals surface area contributed by atoms with Gasteiger partial charge in [-0.15, -0.1) is 0 Å². The SMILES string of the molecule is COc1ccc(OCCCC(=O)OCC(=O)Nc2c(Cl)cccc2C(F)(F)F)cc1. The number of amides is 1. The fourth-order valence-corrected chi connectivity index (χ4v) is 2.58. The molecule has 0 aromatic heterocycles. The van der Waals surface area contributed by atoms with Gasteiger partial charge in [0.25, 0.3) is 5.91 Å². The number of methoxy groups -OCH3 is 1. The molecule has 2 aromatic carbocycles. The number of hydrogen-bond donors (Lipinski definition) is 1. The second kappa shape index (κ2) is 10.7. The molecule has 0 saturated carbocycles. The average Bonchev–Trinajstić information content (AvgIpc) is 2.70. The van der Waals surface area contributed by atoms with Crippen molar-refractivity contribution in [3.8, 4) is 11.5 Å². The van der Waals surface area contributed by atoms with Crippen LogP contribution in [0.15, 0.2) is 42.5 Å². The largest absolute Gasteiger partial charge is 0.497 e. The highest BCUT2D eigenvalue weighted by Gasteiger charge is 2.34. The maximum absolute atomic E-state index is 13.0. The molecule has 0 unspecified atom stereocenters. The van der Waals surface area contributed by atoms with Crippen LogP contribution in [0.4, 0.5) is 18.9 Å². The molecule has 0 heterocycles. The highest BCUT2D eigenvalue weighted by atomic mass is 35.5. The number of carbonyl (C=O) groups is 2.